The standard InChI is InChI=1S/C26H29FN2O2/c1-18-15-29-16-23(26(18,24(30)31)21-5-3-2-4-6-21)19-11-13-25(17-28,14-12-19)20-7-9-22(27)10-8-20/h2-10,18-19,23,29H,11-16H2,1H3,(H,30,31)/t18?,19?,23-,25?,26+/m1/s1. The van der Waals surface area contributed by atoms with Crippen molar-refractivity contribution < 1.29 is 14.3 Å². The fraction of sp³-hybridized carbons (Fsp3) is 0.462. The number of rotatable bonds is 4. The molecule has 1 saturated heterocycles. The van der Waals surface area contributed by atoms with Crippen LogP contribution in [0.1, 0.15) is 43.7 Å². The van der Waals surface area contributed by atoms with Gasteiger partial charge in [0.1, 0.15) is 11.2 Å². The molecular formula is C26H29FN2O2. The van der Waals surface area contributed by atoms with E-state index in [2.05, 4.69) is 11.4 Å². The van der Waals surface area contributed by atoms with Gasteiger partial charge in [-0.3, -0.25) is 4.79 Å². The van der Waals surface area contributed by atoms with Crippen molar-refractivity contribution in [2.24, 2.45) is 17.8 Å². The normalized spacial score (nSPS) is 33.4. The number of carboxylic acids is 1. The highest BCUT2D eigenvalue weighted by atomic mass is 19.1. The van der Waals surface area contributed by atoms with Crippen molar-refractivity contribution in [3.8, 4) is 6.07 Å². The minimum Gasteiger partial charge on any atom is -0.481 e. The maximum Gasteiger partial charge on any atom is 0.314 e. The fourth-order valence-electron chi connectivity index (χ4n) is 6.16. The third-order valence-corrected chi connectivity index (χ3v) is 7.85. The fourth-order valence-corrected chi connectivity index (χ4v) is 6.16. The van der Waals surface area contributed by atoms with E-state index < -0.39 is 16.8 Å². The van der Waals surface area contributed by atoms with Crippen LogP contribution in [-0.2, 0) is 15.6 Å². The maximum absolute atomic E-state index is 13.4. The minimum absolute atomic E-state index is 0.0501. The van der Waals surface area contributed by atoms with Gasteiger partial charge >= 0.3 is 5.97 Å². The summed E-state index contributed by atoms with van der Waals surface area (Å²) >= 11 is 0. The second-order valence-electron chi connectivity index (χ2n) is 9.24. The molecule has 2 aliphatic rings. The molecule has 1 unspecified atom stereocenters. The quantitative estimate of drug-likeness (QED) is 0.755. The molecule has 2 fully saturated rings. The lowest BCUT2D eigenvalue weighted by molar-refractivity contribution is -0.152. The first-order valence-electron chi connectivity index (χ1n) is 11.1. The van der Waals surface area contributed by atoms with Gasteiger partial charge in [-0.15, -0.1) is 0 Å². The number of nitrogens with zero attached hydrogens (tertiary/aromatic N) is 1. The number of nitriles is 1. The molecule has 5 heteroatoms. The maximum atomic E-state index is 13.4. The van der Waals surface area contributed by atoms with Gasteiger partial charge < -0.3 is 10.4 Å². The highest BCUT2D eigenvalue weighted by molar-refractivity contribution is 5.82. The Morgan fingerprint density at radius 2 is 1.71 bits per heavy atom. The van der Waals surface area contributed by atoms with Crippen LogP contribution in [0.4, 0.5) is 4.39 Å². The van der Waals surface area contributed by atoms with Gasteiger partial charge in [0.15, 0.2) is 0 Å². The molecular weight excluding hydrogens is 391 g/mol. The summed E-state index contributed by atoms with van der Waals surface area (Å²) in [6.45, 7) is 3.36. The summed E-state index contributed by atoms with van der Waals surface area (Å²) in [7, 11) is 0. The van der Waals surface area contributed by atoms with E-state index in [0.717, 1.165) is 24.0 Å². The van der Waals surface area contributed by atoms with Crippen LogP contribution in [0.25, 0.3) is 0 Å². The number of nitrogens with one attached hydrogen (secondary N) is 1. The molecule has 0 bridgehead atoms. The summed E-state index contributed by atoms with van der Waals surface area (Å²) < 4.78 is 13.4. The van der Waals surface area contributed by atoms with Gasteiger partial charge in [-0.1, -0.05) is 49.4 Å². The lowest BCUT2D eigenvalue weighted by Crippen LogP contribution is -2.60. The highest BCUT2D eigenvalue weighted by Crippen LogP contribution is 2.51. The summed E-state index contributed by atoms with van der Waals surface area (Å²) in [6, 6.07) is 18.4. The molecule has 1 aliphatic heterocycles. The first kappa shape index (κ1) is 21.5. The van der Waals surface area contributed by atoms with Crippen LogP contribution in [0.2, 0.25) is 0 Å². The zero-order valence-electron chi connectivity index (χ0n) is 17.9. The second kappa shape index (κ2) is 8.43. The average Bonchev–Trinajstić information content (AvgIpc) is 2.80. The lowest BCUT2D eigenvalue weighted by atomic mass is 9.54. The van der Waals surface area contributed by atoms with E-state index in [1.165, 1.54) is 12.1 Å². The Kier molecular flexibility index (Phi) is 5.85. The highest BCUT2D eigenvalue weighted by Gasteiger charge is 2.56. The molecule has 1 aliphatic carbocycles. The first-order chi connectivity index (χ1) is 14.9. The molecule has 0 amide bonds. The van der Waals surface area contributed by atoms with Crippen LogP contribution in [0.3, 0.4) is 0 Å². The third kappa shape index (κ3) is 3.53. The zero-order chi connectivity index (χ0) is 22.1. The van der Waals surface area contributed by atoms with Crippen LogP contribution in [0.5, 0.6) is 0 Å². The van der Waals surface area contributed by atoms with Crippen LogP contribution in [0.15, 0.2) is 54.6 Å². The van der Waals surface area contributed by atoms with E-state index in [1.807, 2.05) is 37.3 Å². The van der Waals surface area contributed by atoms with Crippen LogP contribution < -0.4 is 5.32 Å². The molecule has 1 saturated carbocycles. The van der Waals surface area contributed by atoms with Crippen LogP contribution >= 0.6 is 0 Å². The summed E-state index contributed by atoms with van der Waals surface area (Å²) in [6.07, 6.45) is 2.89. The predicted molar refractivity (Wildman–Crippen MR) is 117 cm³/mol. The van der Waals surface area contributed by atoms with Gasteiger partial charge in [0, 0.05) is 0 Å². The molecule has 4 rings (SSSR count). The molecule has 3 atom stereocenters. The molecule has 0 radical (unpaired) electrons. The number of carboxylic acid groups (broad SMARTS) is 1. The van der Waals surface area contributed by atoms with Crippen molar-refractivity contribution in [1.29, 1.82) is 5.26 Å². The van der Waals surface area contributed by atoms with Crippen molar-refractivity contribution in [3.63, 3.8) is 0 Å². The van der Waals surface area contributed by atoms with Crippen molar-refractivity contribution in [1.82, 2.24) is 5.32 Å². The number of halogens is 1. The van der Waals surface area contributed by atoms with Crippen molar-refractivity contribution in [2.45, 2.75) is 43.4 Å². The van der Waals surface area contributed by atoms with Gasteiger partial charge in [0.05, 0.1) is 11.5 Å². The molecule has 1 heterocycles. The van der Waals surface area contributed by atoms with E-state index in [9.17, 15) is 19.6 Å². The van der Waals surface area contributed by atoms with E-state index in [0.29, 0.717) is 25.9 Å². The summed E-state index contributed by atoms with van der Waals surface area (Å²) in [4.78, 5) is 12.9. The Hall–Kier alpha value is -2.71. The lowest BCUT2D eigenvalue weighted by Gasteiger charge is -2.51. The molecule has 4 nitrogen and oxygen atoms in total. The summed E-state index contributed by atoms with van der Waals surface area (Å²) in [5, 5.41) is 24.0. The van der Waals surface area contributed by atoms with Crippen LogP contribution in [-0.4, -0.2) is 24.2 Å². The Labute approximate surface area is 183 Å². The molecule has 0 spiro atoms. The second-order valence-corrected chi connectivity index (χ2v) is 9.24. The third-order valence-electron chi connectivity index (χ3n) is 7.85. The Morgan fingerprint density at radius 1 is 1.06 bits per heavy atom. The van der Waals surface area contributed by atoms with Crippen molar-refractivity contribution in [2.75, 3.05) is 13.1 Å². The summed E-state index contributed by atoms with van der Waals surface area (Å²) in [5.41, 5.74) is 0.158. The molecule has 162 valence electrons. The van der Waals surface area contributed by atoms with Gasteiger partial charge in [-0.2, -0.15) is 5.26 Å². The van der Waals surface area contributed by atoms with Gasteiger partial charge in [0.2, 0.25) is 0 Å². The van der Waals surface area contributed by atoms with E-state index >= 15 is 0 Å². The molecule has 2 aromatic carbocycles. The van der Waals surface area contributed by atoms with E-state index in [1.54, 1.807) is 12.1 Å². The smallest absolute Gasteiger partial charge is 0.314 e. The number of carbonyl (C=O) groups is 1. The average molecular weight is 421 g/mol. The molecule has 31 heavy (non-hydrogen) atoms. The van der Waals surface area contributed by atoms with Crippen molar-refractivity contribution in [3.05, 3.63) is 71.5 Å². The zero-order valence-corrected chi connectivity index (χ0v) is 17.9. The van der Waals surface area contributed by atoms with Crippen molar-refractivity contribution >= 4 is 5.97 Å². The number of aliphatic carboxylic acids is 1. The van der Waals surface area contributed by atoms with E-state index in [4.69, 9.17) is 0 Å². The van der Waals surface area contributed by atoms with Gasteiger partial charge in [-0.25, -0.2) is 4.39 Å². The largest absolute Gasteiger partial charge is 0.481 e. The topological polar surface area (TPSA) is 73.1 Å². The molecule has 0 aromatic heterocycles. The van der Waals surface area contributed by atoms with Gasteiger partial charge in [0.25, 0.3) is 0 Å². The minimum atomic E-state index is -0.945. The summed E-state index contributed by atoms with van der Waals surface area (Å²) in [5.74, 6) is -0.962. The number of hydrogen-bond donors (Lipinski definition) is 2. The first-order valence-corrected chi connectivity index (χ1v) is 11.1. The Bertz CT molecular complexity index is 961. The molecule has 2 aromatic rings. The predicted octanol–water partition coefficient (Wildman–Crippen LogP) is 4.66. The Balaban J connectivity index is 1.65. The van der Waals surface area contributed by atoms with Crippen LogP contribution in [0, 0.1) is 34.9 Å². The molecule has 2 N–H and O–H groups in total. The monoisotopic (exact) mass is 420 g/mol. The number of hydrogen-bond acceptors (Lipinski definition) is 3. The number of benzene rings is 2. The van der Waals surface area contributed by atoms with E-state index in [-0.39, 0.29) is 23.6 Å². The Morgan fingerprint density at radius 3 is 2.29 bits per heavy atom. The SMILES string of the molecule is CC1CNC[C@H](C2CCC(C#N)(c3ccc(F)cc3)CC2)[C@@]1(C(=O)O)c1ccccc1. The number of piperidine rings is 1. The van der Waals surface area contributed by atoms with Gasteiger partial charge in [-0.05, 0) is 79.8 Å².